The topological polar surface area (TPSA) is 98.6 Å². The number of carbonyl (C=O) groups is 1. The lowest BCUT2D eigenvalue weighted by molar-refractivity contribution is -0.124. The summed E-state index contributed by atoms with van der Waals surface area (Å²) >= 11 is 0. The summed E-state index contributed by atoms with van der Waals surface area (Å²) in [5.41, 5.74) is 2.14. The number of nitrogens with zero attached hydrogens (tertiary/aromatic N) is 3. The molecule has 2 heterocycles. The van der Waals surface area contributed by atoms with Gasteiger partial charge < -0.3 is 15.5 Å². The van der Waals surface area contributed by atoms with Crippen molar-refractivity contribution < 1.29 is 15.0 Å². The van der Waals surface area contributed by atoms with Crippen molar-refractivity contribution in [3.05, 3.63) is 17.6 Å². The summed E-state index contributed by atoms with van der Waals surface area (Å²) in [4.78, 5) is 23.8. The molecule has 1 aliphatic heterocycles. The monoisotopic (exact) mass is 400 g/mol. The number of hydrogen-bond acceptors (Lipinski definition) is 6. The lowest BCUT2D eigenvalue weighted by Crippen LogP contribution is -2.47. The zero-order chi connectivity index (χ0) is 20.0. The zero-order valence-corrected chi connectivity index (χ0v) is 17.0. The van der Waals surface area contributed by atoms with Crippen LogP contribution in [0.5, 0.6) is 0 Å². The van der Waals surface area contributed by atoms with Crippen LogP contribution in [-0.4, -0.2) is 56.8 Å². The molecule has 4 aliphatic carbocycles. The summed E-state index contributed by atoms with van der Waals surface area (Å²) in [7, 11) is 0. The number of aliphatic hydroxyl groups excluding tert-OH is 2. The van der Waals surface area contributed by atoms with Gasteiger partial charge in [-0.3, -0.25) is 9.69 Å². The first-order valence-corrected chi connectivity index (χ1v) is 11.2. The molecule has 1 aromatic heterocycles. The Kier molecular flexibility index (Phi) is 5.08. The lowest BCUT2D eigenvalue weighted by atomic mass is 9.49. The molecule has 5 aliphatic rings. The Hall–Kier alpha value is -1.57. The lowest BCUT2D eigenvalue weighted by Gasteiger charge is -2.56. The quantitative estimate of drug-likeness (QED) is 0.673. The molecule has 0 saturated heterocycles. The van der Waals surface area contributed by atoms with Gasteiger partial charge in [-0.05, 0) is 68.1 Å². The smallest absolute Gasteiger partial charge is 0.226 e. The second kappa shape index (κ2) is 7.60. The molecule has 4 fully saturated rings. The fourth-order valence-electron chi connectivity index (χ4n) is 7.05. The predicted octanol–water partition coefficient (Wildman–Crippen LogP) is 1.73. The van der Waals surface area contributed by atoms with E-state index < -0.39 is 6.10 Å². The van der Waals surface area contributed by atoms with Crippen molar-refractivity contribution in [3.63, 3.8) is 0 Å². The third-order valence-corrected chi connectivity index (χ3v) is 7.72. The number of aromatic nitrogens is 2. The van der Waals surface area contributed by atoms with Crippen LogP contribution in [0.2, 0.25) is 0 Å². The van der Waals surface area contributed by atoms with Gasteiger partial charge in [0.15, 0.2) is 0 Å². The van der Waals surface area contributed by atoms with E-state index in [0.717, 1.165) is 42.0 Å². The first kappa shape index (κ1) is 19.4. The van der Waals surface area contributed by atoms with Gasteiger partial charge in [0.1, 0.15) is 12.1 Å². The van der Waals surface area contributed by atoms with Crippen LogP contribution in [0.15, 0.2) is 6.33 Å². The van der Waals surface area contributed by atoms with Crippen LogP contribution in [-0.2, 0) is 17.8 Å². The van der Waals surface area contributed by atoms with E-state index in [1.54, 1.807) is 0 Å². The highest BCUT2D eigenvalue weighted by Crippen LogP contribution is 2.61. The molecule has 7 nitrogen and oxygen atoms in total. The SMILES string of the molecule is O=C(CC12CC3CC(CC(C3)C1)C2)Nc1ncnc2c1CCN(CC(O)CO)C2. The van der Waals surface area contributed by atoms with Crippen LogP contribution in [0.4, 0.5) is 5.82 Å². The van der Waals surface area contributed by atoms with Gasteiger partial charge >= 0.3 is 0 Å². The third kappa shape index (κ3) is 3.92. The molecular formula is C22H32N4O3. The van der Waals surface area contributed by atoms with Crippen molar-refractivity contribution in [1.82, 2.24) is 14.9 Å². The average molecular weight is 401 g/mol. The van der Waals surface area contributed by atoms with Crippen molar-refractivity contribution in [3.8, 4) is 0 Å². The fourth-order valence-corrected chi connectivity index (χ4v) is 7.05. The summed E-state index contributed by atoms with van der Waals surface area (Å²) in [5, 5.41) is 21.9. The van der Waals surface area contributed by atoms with Gasteiger partial charge in [0.25, 0.3) is 0 Å². The molecule has 4 bridgehead atoms. The number of amides is 1. The molecular weight excluding hydrogens is 368 g/mol. The van der Waals surface area contributed by atoms with E-state index in [1.807, 2.05) is 0 Å². The first-order valence-electron chi connectivity index (χ1n) is 11.2. The van der Waals surface area contributed by atoms with Gasteiger partial charge in [-0.15, -0.1) is 0 Å². The first-order chi connectivity index (χ1) is 14.0. The maximum atomic E-state index is 13.0. The molecule has 158 valence electrons. The normalized spacial score (nSPS) is 34.1. The Labute approximate surface area is 171 Å². The molecule has 1 unspecified atom stereocenters. The minimum Gasteiger partial charge on any atom is -0.394 e. The molecule has 3 N–H and O–H groups in total. The van der Waals surface area contributed by atoms with Gasteiger partial charge in [-0.25, -0.2) is 9.97 Å². The van der Waals surface area contributed by atoms with Crippen LogP contribution in [0, 0.1) is 23.2 Å². The van der Waals surface area contributed by atoms with E-state index in [2.05, 4.69) is 20.2 Å². The number of nitrogens with one attached hydrogen (secondary N) is 1. The fraction of sp³-hybridized carbons (Fsp3) is 0.773. The van der Waals surface area contributed by atoms with Gasteiger partial charge in [0.05, 0.1) is 18.4 Å². The Morgan fingerprint density at radius 2 is 1.90 bits per heavy atom. The van der Waals surface area contributed by atoms with E-state index in [4.69, 9.17) is 5.11 Å². The van der Waals surface area contributed by atoms with Crippen molar-refractivity contribution in [2.45, 2.75) is 64.0 Å². The molecule has 1 aromatic rings. The van der Waals surface area contributed by atoms with Crippen molar-refractivity contribution in [2.24, 2.45) is 23.2 Å². The number of rotatable bonds is 6. The van der Waals surface area contributed by atoms with Crippen LogP contribution in [0.25, 0.3) is 0 Å². The second-order valence-corrected chi connectivity index (χ2v) is 10.1. The van der Waals surface area contributed by atoms with Crippen LogP contribution in [0.1, 0.15) is 56.2 Å². The van der Waals surface area contributed by atoms with Gasteiger partial charge in [0, 0.05) is 31.6 Å². The van der Waals surface area contributed by atoms with Crippen molar-refractivity contribution >= 4 is 11.7 Å². The largest absolute Gasteiger partial charge is 0.394 e. The number of fused-ring (bicyclic) bond motifs is 1. The standard InChI is InChI=1S/C22H32N4O3/c27-12-17(28)10-26-2-1-18-19(11-26)23-13-24-21(18)25-20(29)9-22-6-14-3-15(7-22)5-16(4-14)8-22/h13-17,27-28H,1-12H2,(H,23,24,25,29). The molecule has 6 rings (SSSR count). The molecule has 0 aromatic carbocycles. The molecule has 1 atom stereocenters. The van der Waals surface area contributed by atoms with Gasteiger partial charge in [0.2, 0.25) is 5.91 Å². The summed E-state index contributed by atoms with van der Waals surface area (Å²) in [5.74, 6) is 3.31. The summed E-state index contributed by atoms with van der Waals surface area (Å²) in [6, 6.07) is 0. The molecule has 0 radical (unpaired) electrons. The Morgan fingerprint density at radius 3 is 2.55 bits per heavy atom. The van der Waals surface area contributed by atoms with E-state index >= 15 is 0 Å². The number of aliphatic hydroxyl groups is 2. The molecule has 0 spiro atoms. The highest BCUT2D eigenvalue weighted by Gasteiger charge is 2.51. The van der Waals surface area contributed by atoms with Crippen LogP contribution >= 0.6 is 0 Å². The van der Waals surface area contributed by atoms with E-state index in [-0.39, 0.29) is 17.9 Å². The van der Waals surface area contributed by atoms with Crippen LogP contribution < -0.4 is 5.32 Å². The Bertz CT molecular complexity index is 748. The highest BCUT2D eigenvalue weighted by molar-refractivity contribution is 5.91. The zero-order valence-electron chi connectivity index (χ0n) is 17.0. The van der Waals surface area contributed by atoms with Crippen LogP contribution in [0.3, 0.4) is 0 Å². The van der Waals surface area contributed by atoms with Gasteiger partial charge in [-0.1, -0.05) is 0 Å². The van der Waals surface area contributed by atoms with Gasteiger partial charge in [-0.2, -0.15) is 0 Å². The van der Waals surface area contributed by atoms with E-state index in [9.17, 15) is 9.90 Å². The molecule has 4 saturated carbocycles. The Morgan fingerprint density at radius 1 is 1.21 bits per heavy atom. The number of β-amino-alcohol motifs (C(OH)–C–C–N with tert-alkyl or cyclic N) is 1. The minimum absolute atomic E-state index is 0.103. The average Bonchev–Trinajstić information content (AvgIpc) is 2.66. The van der Waals surface area contributed by atoms with E-state index in [0.29, 0.717) is 25.3 Å². The Balaban J connectivity index is 1.25. The third-order valence-electron chi connectivity index (χ3n) is 7.72. The molecule has 29 heavy (non-hydrogen) atoms. The summed E-state index contributed by atoms with van der Waals surface area (Å²) < 4.78 is 0. The summed E-state index contributed by atoms with van der Waals surface area (Å²) in [6.45, 7) is 1.55. The number of anilines is 1. The van der Waals surface area contributed by atoms with Crippen molar-refractivity contribution in [2.75, 3.05) is 25.0 Å². The minimum atomic E-state index is -0.738. The number of hydrogen-bond donors (Lipinski definition) is 3. The summed E-state index contributed by atoms with van der Waals surface area (Å²) in [6.07, 6.45) is 10.0. The highest BCUT2D eigenvalue weighted by atomic mass is 16.3. The number of carbonyl (C=O) groups excluding carboxylic acids is 1. The predicted molar refractivity (Wildman–Crippen MR) is 108 cm³/mol. The van der Waals surface area contributed by atoms with E-state index in [1.165, 1.54) is 44.9 Å². The maximum Gasteiger partial charge on any atom is 0.226 e. The van der Waals surface area contributed by atoms with Crippen molar-refractivity contribution in [1.29, 1.82) is 0 Å². The molecule has 7 heteroatoms. The maximum absolute atomic E-state index is 13.0. The second-order valence-electron chi connectivity index (χ2n) is 10.1. The molecule has 1 amide bonds.